The molecular formula is C27H35ClF3N3O4S. The molecule has 0 aliphatic rings. The molecule has 2 atom stereocenters. The van der Waals surface area contributed by atoms with Gasteiger partial charge in [0.15, 0.2) is 0 Å². The van der Waals surface area contributed by atoms with E-state index >= 15 is 0 Å². The summed E-state index contributed by atoms with van der Waals surface area (Å²) < 4.78 is 65.3. The number of amides is 2. The summed E-state index contributed by atoms with van der Waals surface area (Å²) in [7, 11) is -3.94. The standard InChI is InChI=1S/C27H35ClF3N3O4S/c1-5-19(3)32-26(36)24(6-2)33(18-20-11-7-8-14-23(20)28)25(35)15-10-16-34(39(4,37)38)22-13-9-12-21(17-22)27(29,30)31/h7-9,11-14,17,19,24H,5-6,10,15-16,18H2,1-4H3,(H,32,36)/t19-,24+/m0/s1. The Balaban J connectivity index is 2.28. The zero-order chi connectivity index (χ0) is 29.4. The summed E-state index contributed by atoms with van der Waals surface area (Å²) in [4.78, 5) is 27.9. The first-order valence-corrected chi connectivity index (χ1v) is 14.9. The number of hydrogen-bond donors (Lipinski definition) is 1. The highest BCUT2D eigenvalue weighted by Crippen LogP contribution is 2.32. The summed E-state index contributed by atoms with van der Waals surface area (Å²) in [6.45, 7) is 5.41. The van der Waals surface area contributed by atoms with Crippen molar-refractivity contribution in [1.29, 1.82) is 0 Å². The van der Waals surface area contributed by atoms with Crippen LogP contribution in [0.3, 0.4) is 0 Å². The fourth-order valence-electron chi connectivity index (χ4n) is 4.01. The van der Waals surface area contributed by atoms with Gasteiger partial charge in [0.05, 0.1) is 17.5 Å². The lowest BCUT2D eigenvalue weighted by Crippen LogP contribution is -2.50. The molecule has 39 heavy (non-hydrogen) atoms. The van der Waals surface area contributed by atoms with E-state index in [1.165, 1.54) is 11.0 Å². The first-order valence-electron chi connectivity index (χ1n) is 12.7. The van der Waals surface area contributed by atoms with Crippen LogP contribution in [0.15, 0.2) is 48.5 Å². The van der Waals surface area contributed by atoms with Gasteiger partial charge >= 0.3 is 6.18 Å². The summed E-state index contributed by atoms with van der Waals surface area (Å²) in [6.07, 6.45) is -2.83. The molecule has 0 saturated carbocycles. The molecule has 216 valence electrons. The third kappa shape index (κ3) is 9.42. The number of sulfonamides is 1. The summed E-state index contributed by atoms with van der Waals surface area (Å²) in [5.41, 5.74) is -0.482. The van der Waals surface area contributed by atoms with Crippen LogP contribution in [-0.2, 0) is 32.3 Å². The number of halogens is 4. The second-order valence-corrected chi connectivity index (χ2v) is 11.7. The highest BCUT2D eigenvalue weighted by Gasteiger charge is 2.32. The van der Waals surface area contributed by atoms with Gasteiger partial charge in [-0.15, -0.1) is 0 Å². The van der Waals surface area contributed by atoms with Gasteiger partial charge in [0, 0.05) is 30.6 Å². The largest absolute Gasteiger partial charge is 0.416 e. The number of rotatable bonds is 13. The van der Waals surface area contributed by atoms with Gasteiger partial charge in [-0.3, -0.25) is 13.9 Å². The quantitative estimate of drug-likeness (QED) is 0.328. The molecule has 0 fully saturated rings. The molecule has 2 amide bonds. The molecule has 0 radical (unpaired) electrons. The second-order valence-electron chi connectivity index (χ2n) is 9.34. The second kappa shape index (κ2) is 14.0. The van der Waals surface area contributed by atoms with Crippen LogP contribution in [0, 0.1) is 0 Å². The summed E-state index contributed by atoms with van der Waals surface area (Å²) in [6, 6.07) is 10.1. The Hall–Kier alpha value is -2.79. The number of carbonyl (C=O) groups excluding carboxylic acids is 2. The third-order valence-corrected chi connectivity index (χ3v) is 7.86. The highest BCUT2D eigenvalue weighted by atomic mass is 35.5. The minimum atomic E-state index is -4.64. The lowest BCUT2D eigenvalue weighted by molar-refractivity contribution is -0.141. The molecule has 7 nitrogen and oxygen atoms in total. The molecule has 0 spiro atoms. The normalized spacial score (nSPS) is 13.4. The van der Waals surface area contributed by atoms with Crippen molar-refractivity contribution in [3.05, 3.63) is 64.7 Å². The van der Waals surface area contributed by atoms with Crippen molar-refractivity contribution in [2.45, 2.75) is 71.3 Å². The number of anilines is 1. The Kier molecular flexibility index (Phi) is 11.7. The van der Waals surface area contributed by atoms with Crippen LogP contribution in [0.4, 0.5) is 18.9 Å². The van der Waals surface area contributed by atoms with Crippen LogP contribution < -0.4 is 9.62 Å². The Morgan fingerprint density at radius 3 is 2.28 bits per heavy atom. The van der Waals surface area contributed by atoms with Crippen LogP contribution in [0.25, 0.3) is 0 Å². The minimum absolute atomic E-state index is 0.0184. The zero-order valence-corrected chi connectivity index (χ0v) is 24.0. The van der Waals surface area contributed by atoms with E-state index in [0.29, 0.717) is 23.4 Å². The highest BCUT2D eigenvalue weighted by molar-refractivity contribution is 7.92. The molecule has 1 N–H and O–H groups in total. The van der Waals surface area contributed by atoms with Crippen molar-refractivity contribution in [3.8, 4) is 0 Å². The summed E-state index contributed by atoms with van der Waals surface area (Å²) >= 11 is 6.32. The maximum absolute atomic E-state index is 13.5. The molecule has 0 unspecified atom stereocenters. The molecule has 0 saturated heterocycles. The summed E-state index contributed by atoms with van der Waals surface area (Å²) in [5.74, 6) is -0.715. The van der Waals surface area contributed by atoms with Crippen LogP contribution in [0.5, 0.6) is 0 Å². The number of alkyl halides is 3. The van der Waals surface area contributed by atoms with Crippen molar-refractivity contribution in [1.82, 2.24) is 10.2 Å². The van der Waals surface area contributed by atoms with Gasteiger partial charge in [-0.25, -0.2) is 8.42 Å². The van der Waals surface area contributed by atoms with Crippen molar-refractivity contribution >= 4 is 39.1 Å². The monoisotopic (exact) mass is 589 g/mol. The fourth-order valence-corrected chi connectivity index (χ4v) is 5.16. The minimum Gasteiger partial charge on any atom is -0.352 e. The Morgan fingerprint density at radius 2 is 1.72 bits per heavy atom. The van der Waals surface area contributed by atoms with E-state index in [4.69, 9.17) is 11.6 Å². The first kappa shape index (κ1) is 32.4. The number of hydrogen-bond acceptors (Lipinski definition) is 4. The number of carbonyl (C=O) groups is 2. The van der Waals surface area contributed by atoms with Crippen LogP contribution in [-0.4, -0.2) is 50.0 Å². The predicted octanol–water partition coefficient (Wildman–Crippen LogP) is 5.63. The van der Waals surface area contributed by atoms with Crippen molar-refractivity contribution < 1.29 is 31.2 Å². The summed E-state index contributed by atoms with van der Waals surface area (Å²) in [5, 5.41) is 3.34. The molecule has 0 aliphatic heterocycles. The molecule has 2 aromatic rings. The number of nitrogens with one attached hydrogen (secondary N) is 1. The average molecular weight is 590 g/mol. The molecule has 2 rings (SSSR count). The number of benzene rings is 2. The molecule has 0 bridgehead atoms. The zero-order valence-electron chi connectivity index (χ0n) is 22.5. The lowest BCUT2D eigenvalue weighted by Gasteiger charge is -2.32. The Labute approximate surface area is 233 Å². The number of nitrogens with zero attached hydrogens (tertiary/aromatic N) is 2. The smallest absolute Gasteiger partial charge is 0.352 e. The van der Waals surface area contributed by atoms with E-state index in [2.05, 4.69) is 5.32 Å². The van der Waals surface area contributed by atoms with Gasteiger partial charge in [-0.05, 0) is 56.0 Å². The van der Waals surface area contributed by atoms with E-state index in [0.717, 1.165) is 28.8 Å². The van der Waals surface area contributed by atoms with Gasteiger partial charge in [0.2, 0.25) is 21.8 Å². The molecule has 0 heterocycles. The van der Waals surface area contributed by atoms with Crippen molar-refractivity contribution in [3.63, 3.8) is 0 Å². The van der Waals surface area contributed by atoms with Crippen LogP contribution >= 0.6 is 11.6 Å². The maximum atomic E-state index is 13.5. The first-order chi connectivity index (χ1) is 18.2. The molecule has 0 aromatic heterocycles. The SMILES string of the molecule is CC[C@H](C(=O)N[C@@H](C)CC)N(Cc1ccccc1Cl)C(=O)CCCN(c1cccc(C(F)(F)F)c1)S(C)(=O)=O. The van der Waals surface area contributed by atoms with E-state index < -0.39 is 33.7 Å². The van der Waals surface area contributed by atoms with Crippen LogP contribution in [0.1, 0.15) is 57.6 Å². The molecular weight excluding hydrogens is 555 g/mol. The Bertz CT molecular complexity index is 1240. The fraction of sp³-hybridized carbons (Fsp3) is 0.481. The Morgan fingerprint density at radius 1 is 1.05 bits per heavy atom. The van der Waals surface area contributed by atoms with Gasteiger partial charge in [0.25, 0.3) is 0 Å². The van der Waals surface area contributed by atoms with Crippen LogP contribution in [0.2, 0.25) is 5.02 Å². The van der Waals surface area contributed by atoms with Crippen molar-refractivity contribution in [2.24, 2.45) is 0 Å². The maximum Gasteiger partial charge on any atom is 0.416 e. The van der Waals surface area contributed by atoms with E-state index in [-0.39, 0.29) is 43.6 Å². The molecule has 2 aromatic carbocycles. The van der Waals surface area contributed by atoms with E-state index in [9.17, 15) is 31.2 Å². The van der Waals surface area contributed by atoms with Crippen molar-refractivity contribution in [2.75, 3.05) is 17.1 Å². The average Bonchev–Trinajstić information content (AvgIpc) is 2.86. The van der Waals surface area contributed by atoms with Gasteiger partial charge in [-0.1, -0.05) is 49.7 Å². The van der Waals surface area contributed by atoms with Gasteiger partial charge in [0.1, 0.15) is 6.04 Å². The van der Waals surface area contributed by atoms with E-state index in [1.54, 1.807) is 31.2 Å². The van der Waals surface area contributed by atoms with Gasteiger partial charge in [-0.2, -0.15) is 13.2 Å². The molecule has 0 aliphatic carbocycles. The predicted molar refractivity (Wildman–Crippen MR) is 147 cm³/mol. The lowest BCUT2D eigenvalue weighted by atomic mass is 10.1. The molecule has 12 heteroatoms. The van der Waals surface area contributed by atoms with E-state index in [1.807, 2.05) is 13.8 Å². The third-order valence-electron chi connectivity index (χ3n) is 6.30. The van der Waals surface area contributed by atoms with Gasteiger partial charge < -0.3 is 10.2 Å². The topological polar surface area (TPSA) is 86.8 Å².